The van der Waals surface area contributed by atoms with Crippen molar-refractivity contribution in [2.75, 3.05) is 13.7 Å². The van der Waals surface area contributed by atoms with Crippen molar-refractivity contribution in [2.45, 2.75) is 239 Å². The molecule has 0 heterocycles. The van der Waals surface area contributed by atoms with Crippen LogP contribution in [0.25, 0.3) is 0 Å². The van der Waals surface area contributed by atoms with Crippen molar-refractivity contribution in [3.05, 3.63) is 0 Å². The number of methoxy groups -OCH3 is 1. The highest BCUT2D eigenvalue weighted by Crippen LogP contribution is 2.79. The lowest BCUT2D eigenvalue weighted by molar-refractivity contribution is -0.236. The first kappa shape index (κ1) is 50.8. The largest absolute Gasteiger partial charge is 0.481 e. The minimum atomic E-state index is -0.566. The molecule has 0 atom stereocenters. The number of amides is 1. The highest BCUT2D eigenvalue weighted by atomic mass is 16.5. The highest BCUT2D eigenvalue weighted by molar-refractivity contribution is 5.84. The van der Waals surface area contributed by atoms with Gasteiger partial charge in [-0.2, -0.15) is 0 Å². The number of aliphatic hydroxyl groups is 1. The van der Waals surface area contributed by atoms with E-state index in [-0.39, 0.29) is 28.1 Å². The van der Waals surface area contributed by atoms with Crippen LogP contribution in [0, 0.1) is 81.2 Å². The Labute approximate surface area is 385 Å². The Bertz CT molecular complexity index is 1630. The Kier molecular flexibility index (Phi) is 12.0. The summed E-state index contributed by atoms with van der Waals surface area (Å²) in [6.45, 7) is 37.3. The Hall–Kier alpha value is -1.63. The molecule has 15 aliphatic rings. The number of hydrogen-bond acceptors (Lipinski definition) is 5. The second-order valence-corrected chi connectivity index (χ2v) is 32.3. The molecule has 15 saturated carbocycles. The molecule has 63 heavy (non-hydrogen) atoms. The summed E-state index contributed by atoms with van der Waals surface area (Å²) in [7, 11) is 1.50. The summed E-state index contributed by atoms with van der Waals surface area (Å²) in [5.74, 6) is -0.611. The smallest absolute Gasteiger partial charge is 0.311 e. The maximum absolute atomic E-state index is 11.4. The Morgan fingerprint density at radius 2 is 0.698 bits per heavy atom. The standard InChI is InChI=1S/C12H20O2.C11H19NO.C11H18O2.C11H20O.C11H20/c1-10(2,3)5-11-6-12(7-11,8-11)9(13)14-4;2*1-9(2,3)4-10-5-11(6-10,7-10)8(12)13;1-9(2,3)4-10-5-11(6-10,7-10)8-12;1-9(2,3)5-11-6-10(4,7-11)8-11/h5-8H2,1-4H3;4-7H2,1-3H3,(H2,12,13);4-7H2,1-3H3,(H,12,13);12H,4-8H2,1-3H3;5-8H2,1-4H3. The van der Waals surface area contributed by atoms with Gasteiger partial charge >= 0.3 is 11.9 Å². The van der Waals surface area contributed by atoms with Crippen LogP contribution in [0.15, 0.2) is 0 Å². The zero-order valence-corrected chi connectivity index (χ0v) is 44.0. The van der Waals surface area contributed by atoms with E-state index in [4.69, 9.17) is 20.7 Å². The van der Waals surface area contributed by atoms with Gasteiger partial charge in [-0.1, -0.05) is 111 Å². The lowest BCUT2D eigenvalue weighted by Gasteiger charge is -2.72. The Morgan fingerprint density at radius 3 is 0.921 bits per heavy atom. The molecule has 0 unspecified atom stereocenters. The molecule has 7 nitrogen and oxygen atoms in total. The van der Waals surface area contributed by atoms with E-state index in [0.29, 0.717) is 60.8 Å². The molecule has 0 spiro atoms. The summed E-state index contributed by atoms with van der Waals surface area (Å²) in [6.07, 6.45) is 24.2. The van der Waals surface area contributed by atoms with Crippen LogP contribution in [0.3, 0.4) is 0 Å². The van der Waals surface area contributed by atoms with Gasteiger partial charge in [-0.25, -0.2) is 0 Å². The number of carboxylic acids is 1. The van der Waals surface area contributed by atoms with Crippen LogP contribution >= 0.6 is 0 Å². The zero-order valence-electron chi connectivity index (χ0n) is 44.0. The quantitative estimate of drug-likeness (QED) is 0.198. The second kappa shape index (κ2) is 14.9. The average molecular weight is 880 g/mol. The molecular formula is C56H97NO6. The first-order valence-electron chi connectivity index (χ1n) is 25.3. The van der Waals surface area contributed by atoms with Gasteiger partial charge in [0.25, 0.3) is 0 Å². The molecule has 10 bridgehead atoms. The van der Waals surface area contributed by atoms with Crippen molar-refractivity contribution in [1.29, 1.82) is 0 Å². The van der Waals surface area contributed by atoms with Crippen LogP contribution in [0.1, 0.15) is 239 Å². The summed E-state index contributed by atoms with van der Waals surface area (Å²) in [4.78, 5) is 33.4. The fourth-order valence-corrected chi connectivity index (χ4v) is 18.4. The van der Waals surface area contributed by atoms with Crippen LogP contribution in [-0.4, -0.2) is 41.8 Å². The van der Waals surface area contributed by atoms with E-state index < -0.39 is 5.97 Å². The van der Waals surface area contributed by atoms with Gasteiger partial charge in [0.05, 0.1) is 23.4 Å². The Morgan fingerprint density at radius 1 is 0.444 bits per heavy atom. The summed E-state index contributed by atoms with van der Waals surface area (Å²) in [5, 5.41) is 18.0. The van der Waals surface area contributed by atoms with E-state index >= 15 is 0 Å². The normalized spacial score (nSPS) is 43.1. The third-order valence-corrected chi connectivity index (χ3v) is 17.5. The molecule has 362 valence electrons. The number of aliphatic carboxylic acids is 1. The second-order valence-electron chi connectivity index (χ2n) is 32.3. The molecule has 0 aliphatic heterocycles. The summed E-state index contributed by atoms with van der Waals surface area (Å²) in [5.41, 5.74) is 11.2. The molecule has 15 aliphatic carbocycles. The fourth-order valence-electron chi connectivity index (χ4n) is 18.4. The number of rotatable bonds is 9. The molecular weight excluding hydrogens is 783 g/mol. The molecule has 15 rings (SSSR count). The van der Waals surface area contributed by atoms with Gasteiger partial charge in [-0.15, -0.1) is 0 Å². The molecule has 0 aromatic rings. The summed E-state index contributed by atoms with van der Waals surface area (Å²) >= 11 is 0. The summed E-state index contributed by atoms with van der Waals surface area (Å²) < 4.78 is 4.83. The number of ether oxygens (including phenoxy) is 1. The Balaban J connectivity index is 0.000000131. The van der Waals surface area contributed by atoms with Crippen LogP contribution in [-0.2, 0) is 19.1 Å². The number of primary amides is 1. The van der Waals surface area contributed by atoms with Crippen molar-refractivity contribution < 1.29 is 29.3 Å². The average Bonchev–Trinajstić information content (AvgIpc) is 2.90. The lowest BCUT2D eigenvalue weighted by atomic mass is 9.33. The molecule has 15 fully saturated rings. The minimum Gasteiger partial charge on any atom is -0.481 e. The first-order valence-corrected chi connectivity index (χ1v) is 25.3. The number of carbonyl (C=O) groups is 3. The van der Waals surface area contributed by atoms with E-state index in [1.54, 1.807) is 0 Å². The molecule has 4 N–H and O–H groups in total. The SMILES string of the molecule is CC(C)(C)CC12CC(C(=O)O)(C1)C2.CC(C)(C)CC12CC(C(N)=O)(C1)C2.CC(C)(C)CC12CC(C)(C1)C2.CC(C)(C)CC12CC(CO)(C1)C2.COC(=O)C12CC(CC(C)(C)C)(C1)C2. The molecule has 7 heteroatoms. The van der Waals surface area contributed by atoms with Gasteiger partial charge in [-0.3, -0.25) is 14.4 Å². The van der Waals surface area contributed by atoms with Gasteiger partial charge in [0.15, 0.2) is 0 Å². The third-order valence-electron chi connectivity index (χ3n) is 17.5. The van der Waals surface area contributed by atoms with E-state index in [1.807, 2.05) is 0 Å². The van der Waals surface area contributed by atoms with Gasteiger partial charge in [0.1, 0.15) is 0 Å². The van der Waals surface area contributed by atoms with Crippen LogP contribution in [0.4, 0.5) is 0 Å². The number of esters is 1. The van der Waals surface area contributed by atoms with Crippen LogP contribution in [0.2, 0.25) is 0 Å². The molecule has 0 aromatic heterocycles. The van der Waals surface area contributed by atoms with E-state index in [9.17, 15) is 14.4 Å². The first-order chi connectivity index (χ1) is 28.1. The maximum Gasteiger partial charge on any atom is 0.311 e. The van der Waals surface area contributed by atoms with Gasteiger partial charge in [0, 0.05) is 6.61 Å². The number of carbonyl (C=O) groups excluding carboxylic acids is 2. The van der Waals surface area contributed by atoms with Crippen molar-refractivity contribution in [3.8, 4) is 0 Å². The number of aliphatic hydroxyl groups excluding tert-OH is 1. The molecule has 0 aromatic carbocycles. The zero-order chi connectivity index (χ0) is 47.8. The van der Waals surface area contributed by atoms with Crippen molar-refractivity contribution >= 4 is 17.8 Å². The fraction of sp³-hybridized carbons (Fsp3) is 0.946. The van der Waals surface area contributed by atoms with Gasteiger partial charge in [-0.05, 0) is 193 Å². The monoisotopic (exact) mass is 880 g/mol. The van der Waals surface area contributed by atoms with E-state index in [2.05, 4.69) is 111 Å². The third kappa shape index (κ3) is 10.3. The molecule has 1 amide bonds. The number of carboxylic acid groups (broad SMARTS) is 1. The summed E-state index contributed by atoms with van der Waals surface area (Å²) in [6, 6.07) is 0. The van der Waals surface area contributed by atoms with E-state index in [1.165, 1.54) is 77.7 Å². The van der Waals surface area contributed by atoms with Gasteiger partial charge in [0.2, 0.25) is 5.91 Å². The van der Waals surface area contributed by atoms with Crippen LogP contribution in [0.5, 0.6) is 0 Å². The maximum atomic E-state index is 11.4. The highest BCUT2D eigenvalue weighted by Gasteiger charge is 2.74. The van der Waals surface area contributed by atoms with Gasteiger partial charge < -0.3 is 20.7 Å². The van der Waals surface area contributed by atoms with E-state index in [0.717, 1.165) is 68.6 Å². The topological polar surface area (TPSA) is 127 Å². The van der Waals surface area contributed by atoms with Crippen LogP contribution < -0.4 is 5.73 Å². The predicted molar refractivity (Wildman–Crippen MR) is 256 cm³/mol. The number of hydrogen-bond donors (Lipinski definition) is 3. The van der Waals surface area contributed by atoms with Crippen molar-refractivity contribution in [2.24, 2.45) is 87.0 Å². The lowest BCUT2D eigenvalue weighted by Crippen LogP contribution is -2.67. The van der Waals surface area contributed by atoms with Crippen molar-refractivity contribution in [3.63, 3.8) is 0 Å². The molecule has 0 saturated heterocycles. The minimum absolute atomic E-state index is 0.0216. The molecule has 0 radical (unpaired) electrons. The number of nitrogens with two attached hydrogens (primary N) is 1. The predicted octanol–water partition coefficient (Wildman–Crippen LogP) is 13.7. The van der Waals surface area contributed by atoms with Crippen molar-refractivity contribution in [1.82, 2.24) is 0 Å².